The van der Waals surface area contributed by atoms with E-state index < -0.39 is 6.43 Å². The summed E-state index contributed by atoms with van der Waals surface area (Å²) < 4.78 is 30.1. The van der Waals surface area contributed by atoms with Crippen LogP contribution in [0.25, 0.3) is 10.9 Å². The molecule has 6 heteroatoms. The normalized spacial score (nSPS) is 11.1. The fourth-order valence-corrected chi connectivity index (χ4v) is 1.78. The van der Waals surface area contributed by atoms with E-state index in [4.69, 9.17) is 22.1 Å². The first-order valence-electron chi connectivity index (χ1n) is 4.74. The lowest BCUT2D eigenvalue weighted by atomic mass is 10.1. The topological polar surface area (TPSA) is 48.1 Å². The van der Waals surface area contributed by atoms with Crippen molar-refractivity contribution in [2.24, 2.45) is 0 Å². The van der Waals surface area contributed by atoms with Gasteiger partial charge in [0.05, 0.1) is 17.6 Å². The zero-order valence-electron chi connectivity index (χ0n) is 8.88. The maximum absolute atomic E-state index is 12.6. The minimum atomic E-state index is -2.66. The zero-order chi connectivity index (χ0) is 12.6. The number of fused-ring (bicyclic) bond motifs is 1. The number of nitrogens with zero attached hydrogens (tertiary/aromatic N) is 1. The molecule has 90 valence electrons. The molecule has 0 radical (unpaired) electrons. The van der Waals surface area contributed by atoms with Crippen LogP contribution >= 0.6 is 11.6 Å². The highest BCUT2D eigenvalue weighted by Gasteiger charge is 2.13. The van der Waals surface area contributed by atoms with Crippen LogP contribution in [-0.4, -0.2) is 12.1 Å². The number of methoxy groups -OCH3 is 1. The molecule has 17 heavy (non-hydrogen) atoms. The van der Waals surface area contributed by atoms with E-state index in [1.54, 1.807) is 6.07 Å². The fraction of sp³-hybridized carbons (Fsp3) is 0.182. The smallest absolute Gasteiger partial charge is 0.280 e. The molecule has 1 heterocycles. The van der Waals surface area contributed by atoms with Crippen LogP contribution < -0.4 is 10.5 Å². The van der Waals surface area contributed by atoms with Crippen LogP contribution in [0.1, 0.15) is 12.1 Å². The number of anilines is 1. The van der Waals surface area contributed by atoms with Gasteiger partial charge in [0.25, 0.3) is 6.43 Å². The third kappa shape index (κ3) is 2.10. The van der Waals surface area contributed by atoms with Crippen LogP contribution in [0.5, 0.6) is 5.75 Å². The van der Waals surface area contributed by atoms with Crippen LogP contribution in [0, 0.1) is 0 Å². The van der Waals surface area contributed by atoms with Crippen molar-refractivity contribution in [2.75, 3.05) is 12.8 Å². The van der Waals surface area contributed by atoms with Crippen molar-refractivity contribution in [1.82, 2.24) is 4.98 Å². The second-order valence-corrected chi connectivity index (χ2v) is 3.85. The van der Waals surface area contributed by atoms with Gasteiger partial charge >= 0.3 is 0 Å². The molecule has 0 amide bonds. The highest BCUT2D eigenvalue weighted by atomic mass is 35.5. The van der Waals surface area contributed by atoms with Gasteiger partial charge < -0.3 is 10.5 Å². The number of nitrogens with two attached hydrogens (primary N) is 1. The van der Waals surface area contributed by atoms with Crippen molar-refractivity contribution in [1.29, 1.82) is 0 Å². The number of ether oxygens (including phenoxy) is 1. The van der Waals surface area contributed by atoms with Gasteiger partial charge in [-0.25, -0.2) is 13.8 Å². The minimum absolute atomic E-state index is 0.217. The largest absolute Gasteiger partial charge is 0.495 e. The summed E-state index contributed by atoms with van der Waals surface area (Å²) in [6, 6.07) is 4.18. The van der Waals surface area contributed by atoms with Crippen molar-refractivity contribution in [2.45, 2.75) is 6.43 Å². The van der Waals surface area contributed by atoms with Gasteiger partial charge in [0.15, 0.2) is 0 Å². The molecule has 0 bridgehead atoms. The van der Waals surface area contributed by atoms with Crippen molar-refractivity contribution >= 4 is 28.2 Å². The fourth-order valence-electron chi connectivity index (χ4n) is 1.54. The molecule has 0 saturated heterocycles. The van der Waals surface area contributed by atoms with E-state index in [2.05, 4.69) is 4.98 Å². The number of alkyl halides is 2. The molecule has 3 nitrogen and oxygen atoms in total. The van der Waals surface area contributed by atoms with Gasteiger partial charge in [-0.3, -0.25) is 0 Å². The average Bonchev–Trinajstić information content (AvgIpc) is 2.29. The highest BCUT2D eigenvalue weighted by molar-refractivity contribution is 6.33. The molecule has 0 spiro atoms. The Morgan fingerprint density at radius 1 is 1.35 bits per heavy atom. The number of rotatable bonds is 2. The summed E-state index contributed by atoms with van der Waals surface area (Å²) in [4.78, 5) is 3.82. The molecule has 1 aromatic carbocycles. The molecule has 0 atom stereocenters. The molecule has 2 N–H and O–H groups in total. The summed E-state index contributed by atoms with van der Waals surface area (Å²) in [5, 5.41) is 0.887. The van der Waals surface area contributed by atoms with Crippen LogP contribution in [-0.2, 0) is 0 Å². The number of aromatic nitrogens is 1. The van der Waals surface area contributed by atoms with Crippen LogP contribution in [0.3, 0.4) is 0 Å². The Morgan fingerprint density at radius 3 is 2.65 bits per heavy atom. The monoisotopic (exact) mass is 258 g/mol. The molecule has 0 saturated carbocycles. The number of nitrogen functional groups attached to an aromatic ring is 1. The van der Waals surface area contributed by atoms with E-state index in [1.807, 2.05) is 0 Å². The number of hydrogen-bond donors (Lipinski definition) is 1. The van der Waals surface area contributed by atoms with E-state index in [-0.39, 0.29) is 11.4 Å². The summed E-state index contributed by atoms with van der Waals surface area (Å²) in [6.45, 7) is 0. The second-order valence-electron chi connectivity index (χ2n) is 3.44. The van der Waals surface area contributed by atoms with E-state index >= 15 is 0 Å². The Hall–Kier alpha value is -1.62. The molecular weight excluding hydrogens is 250 g/mol. The minimum Gasteiger partial charge on any atom is -0.495 e. The number of hydrogen-bond acceptors (Lipinski definition) is 3. The predicted octanol–water partition coefficient (Wildman–Crippen LogP) is 3.42. The summed E-state index contributed by atoms with van der Waals surface area (Å²) in [5.74, 6) is 0.373. The van der Waals surface area contributed by atoms with Gasteiger partial charge in [-0.15, -0.1) is 0 Å². The Kier molecular flexibility index (Phi) is 3.02. The third-order valence-electron chi connectivity index (χ3n) is 2.36. The van der Waals surface area contributed by atoms with Crippen LogP contribution in [0.4, 0.5) is 14.5 Å². The molecule has 0 fully saturated rings. The molecule has 2 aromatic rings. The van der Waals surface area contributed by atoms with Gasteiger partial charge in [-0.1, -0.05) is 11.6 Å². The summed E-state index contributed by atoms with van der Waals surface area (Å²) in [5.41, 5.74) is 5.87. The molecule has 0 unspecified atom stereocenters. The van der Waals surface area contributed by atoms with E-state index in [0.717, 1.165) is 6.07 Å². The Morgan fingerprint density at radius 2 is 2.06 bits per heavy atom. The Balaban J connectivity index is 2.74. The van der Waals surface area contributed by atoms with E-state index in [0.29, 0.717) is 21.7 Å². The van der Waals surface area contributed by atoms with Gasteiger partial charge in [0, 0.05) is 17.1 Å². The van der Waals surface area contributed by atoms with E-state index in [9.17, 15) is 8.78 Å². The predicted molar refractivity (Wildman–Crippen MR) is 62.7 cm³/mol. The molecule has 0 aliphatic carbocycles. The van der Waals surface area contributed by atoms with Crippen LogP contribution in [0.15, 0.2) is 18.2 Å². The van der Waals surface area contributed by atoms with Gasteiger partial charge in [0.2, 0.25) is 0 Å². The quantitative estimate of drug-likeness (QED) is 0.898. The zero-order valence-corrected chi connectivity index (χ0v) is 9.63. The Bertz CT molecular complexity index is 575. The lowest BCUT2D eigenvalue weighted by Crippen LogP contribution is -1.97. The lowest BCUT2D eigenvalue weighted by molar-refractivity contribution is 0.146. The second kappa shape index (κ2) is 4.33. The summed E-state index contributed by atoms with van der Waals surface area (Å²) in [7, 11) is 1.44. The average molecular weight is 259 g/mol. The van der Waals surface area contributed by atoms with Crippen molar-refractivity contribution in [3.63, 3.8) is 0 Å². The first-order valence-corrected chi connectivity index (χ1v) is 5.12. The maximum Gasteiger partial charge on any atom is 0.280 e. The SMILES string of the molecule is COc1cc2nc(C(F)F)cc(N)c2cc1Cl. The van der Waals surface area contributed by atoms with Crippen LogP contribution in [0.2, 0.25) is 5.02 Å². The molecule has 2 rings (SSSR count). The molecule has 1 aromatic heterocycles. The van der Waals surface area contributed by atoms with Gasteiger partial charge in [0.1, 0.15) is 11.4 Å². The summed E-state index contributed by atoms with van der Waals surface area (Å²) >= 11 is 5.92. The first-order chi connectivity index (χ1) is 8.02. The standard InChI is InChI=1S/C11H9ClF2N2O/c1-17-10-4-8-5(2-6(10)12)7(15)3-9(16-8)11(13)14/h2-4,11H,1H3,(H2,15,16). The number of pyridine rings is 1. The molecule has 0 aliphatic rings. The van der Waals surface area contributed by atoms with Crippen molar-refractivity contribution in [3.8, 4) is 5.75 Å². The Labute approximate surface area is 101 Å². The summed E-state index contributed by atoms with van der Waals surface area (Å²) in [6.07, 6.45) is -2.66. The molecule has 0 aliphatic heterocycles. The van der Waals surface area contributed by atoms with Gasteiger partial charge in [-0.2, -0.15) is 0 Å². The number of benzene rings is 1. The van der Waals surface area contributed by atoms with Crippen molar-refractivity contribution < 1.29 is 13.5 Å². The highest BCUT2D eigenvalue weighted by Crippen LogP contribution is 2.33. The van der Waals surface area contributed by atoms with Crippen molar-refractivity contribution in [3.05, 3.63) is 28.9 Å². The third-order valence-corrected chi connectivity index (χ3v) is 2.65. The maximum atomic E-state index is 12.6. The van der Waals surface area contributed by atoms with E-state index in [1.165, 1.54) is 13.2 Å². The van der Waals surface area contributed by atoms with Gasteiger partial charge in [-0.05, 0) is 12.1 Å². The number of halogens is 3. The molecular formula is C11H9ClF2N2O. The lowest BCUT2D eigenvalue weighted by Gasteiger charge is -2.08. The first kappa shape index (κ1) is 11.9.